The minimum atomic E-state index is -0.758. The van der Waals surface area contributed by atoms with Crippen LogP contribution in [-0.4, -0.2) is 124 Å². The van der Waals surface area contributed by atoms with Gasteiger partial charge in [0.2, 0.25) is 11.8 Å². The van der Waals surface area contributed by atoms with Crippen molar-refractivity contribution in [3.05, 3.63) is 12.7 Å². The average Bonchev–Trinajstić information content (AvgIpc) is 3.47. The van der Waals surface area contributed by atoms with Gasteiger partial charge in [-0.25, -0.2) is 0 Å². The smallest absolute Gasteiger partial charge is 0.310 e. The van der Waals surface area contributed by atoms with Gasteiger partial charge in [-0.1, -0.05) is 28.9 Å². The molecule has 1 N–H and O–H groups in total. The number of carbonyl (C=O) groups is 3. The number of fused-ring (bicyclic) bond motifs is 1. The summed E-state index contributed by atoms with van der Waals surface area (Å²) in [4.78, 5) is 47.1. The molecule has 0 aliphatic carbocycles. The molecule has 4 rings (SSSR count). The first kappa shape index (κ1) is 27.9. The number of aliphatic hydroxyl groups excluding tert-OH is 1. The maximum atomic E-state index is 14.3. The van der Waals surface area contributed by atoms with Crippen molar-refractivity contribution in [1.82, 2.24) is 14.7 Å². The molecule has 0 radical (unpaired) electrons. The summed E-state index contributed by atoms with van der Waals surface area (Å²) in [6.07, 6.45) is 2.83. The van der Waals surface area contributed by atoms with Crippen molar-refractivity contribution >= 4 is 45.5 Å². The second-order valence-corrected chi connectivity index (χ2v) is 12.6. The molecule has 11 heteroatoms. The summed E-state index contributed by atoms with van der Waals surface area (Å²) in [7, 11) is 0. The van der Waals surface area contributed by atoms with E-state index >= 15 is 0 Å². The van der Waals surface area contributed by atoms with Crippen LogP contribution in [0.3, 0.4) is 0 Å². The van der Waals surface area contributed by atoms with Crippen molar-refractivity contribution in [3.8, 4) is 0 Å². The van der Waals surface area contributed by atoms with Crippen LogP contribution < -0.4 is 0 Å². The quantitative estimate of drug-likeness (QED) is 0.218. The molecule has 9 nitrogen and oxygen atoms in total. The number of ether oxygens (including phenoxy) is 2. The normalized spacial score (nSPS) is 34.5. The Bertz CT molecular complexity index is 854. The highest BCUT2D eigenvalue weighted by atomic mass is 79.9. The van der Waals surface area contributed by atoms with Crippen LogP contribution in [0, 0.1) is 11.8 Å². The number of rotatable bonds is 11. The molecule has 4 heterocycles. The fourth-order valence-electron chi connectivity index (χ4n) is 6.37. The Hall–Kier alpha value is -1.14. The number of hydrogen-bond donors (Lipinski definition) is 1. The fraction of sp³-hybridized carbons (Fsp3) is 0.800. The van der Waals surface area contributed by atoms with Crippen molar-refractivity contribution < 1.29 is 29.0 Å². The average molecular weight is 589 g/mol. The zero-order chi connectivity index (χ0) is 26.0. The summed E-state index contributed by atoms with van der Waals surface area (Å²) >= 11 is 5.35. The number of esters is 1. The lowest BCUT2D eigenvalue weighted by Gasteiger charge is -2.40. The first-order valence-electron chi connectivity index (χ1n) is 13.0. The highest BCUT2D eigenvalue weighted by Gasteiger charge is 2.76. The van der Waals surface area contributed by atoms with Crippen LogP contribution >= 0.6 is 27.7 Å². The molecule has 2 amide bonds. The van der Waals surface area contributed by atoms with Crippen molar-refractivity contribution in [2.75, 3.05) is 59.2 Å². The topological polar surface area (TPSA) is 99.6 Å². The van der Waals surface area contributed by atoms with E-state index in [-0.39, 0.29) is 41.1 Å². The van der Waals surface area contributed by atoms with E-state index in [2.05, 4.69) is 27.4 Å². The Kier molecular flexibility index (Phi) is 9.08. The Morgan fingerprint density at radius 2 is 2.11 bits per heavy atom. The fourth-order valence-corrected chi connectivity index (χ4v) is 9.95. The second-order valence-electron chi connectivity index (χ2n) is 9.93. The van der Waals surface area contributed by atoms with Crippen molar-refractivity contribution in [2.24, 2.45) is 11.8 Å². The third-order valence-electron chi connectivity index (χ3n) is 8.05. The van der Waals surface area contributed by atoms with Gasteiger partial charge in [0.15, 0.2) is 0 Å². The molecule has 4 fully saturated rings. The van der Waals surface area contributed by atoms with Crippen LogP contribution in [0.4, 0.5) is 0 Å². The molecule has 202 valence electrons. The standard InChI is InChI=1S/C25H38BrN3O6S/c1-4-7-28(9-8-27-10-12-34-13-11-27)23(32)21-25-14-17(26)20(36-25)18(24(33)35-6-3)19(25)22(31)29(21)16(5-2)15-30/h4,16-21,30H,1,5-15H2,2-3H3/t16-,17?,18-,19-,20-,21?,25?/m0/s1. The molecule has 36 heavy (non-hydrogen) atoms. The lowest BCUT2D eigenvalue weighted by molar-refractivity contribution is -0.154. The number of amides is 2. The van der Waals surface area contributed by atoms with Crippen LogP contribution in [0.2, 0.25) is 0 Å². The molecule has 0 aromatic heterocycles. The number of thioether (sulfide) groups is 1. The molecule has 4 aliphatic rings. The van der Waals surface area contributed by atoms with Crippen molar-refractivity contribution in [1.29, 1.82) is 0 Å². The van der Waals surface area contributed by atoms with Crippen LogP contribution in [0.5, 0.6) is 0 Å². The number of morpholine rings is 1. The second kappa shape index (κ2) is 11.7. The Morgan fingerprint density at radius 3 is 2.72 bits per heavy atom. The minimum Gasteiger partial charge on any atom is -0.466 e. The molecule has 2 bridgehead atoms. The molecule has 3 unspecified atom stereocenters. The first-order valence-corrected chi connectivity index (χ1v) is 14.7. The summed E-state index contributed by atoms with van der Waals surface area (Å²) in [5, 5.41) is 10.1. The van der Waals surface area contributed by atoms with E-state index in [1.165, 1.54) is 0 Å². The van der Waals surface area contributed by atoms with E-state index in [1.807, 2.05) is 6.92 Å². The van der Waals surface area contributed by atoms with Gasteiger partial charge >= 0.3 is 5.97 Å². The number of likely N-dealkylation sites (tertiary alicyclic amines) is 1. The van der Waals surface area contributed by atoms with E-state index < -0.39 is 28.7 Å². The summed E-state index contributed by atoms with van der Waals surface area (Å²) < 4.78 is 10.1. The third kappa shape index (κ3) is 4.74. The number of alkyl halides is 1. The highest BCUT2D eigenvalue weighted by molar-refractivity contribution is 9.09. The summed E-state index contributed by atoms with van der Waals surface area (Å²) in [5.74, 6) is -1.98. The van der Waals surface area contributed by atoms with Gasteiger partial charge in [-0.15, -0.1) is 18.3 Å². The molecule has 4 saturated heterocycles. The lowest BCUT2D eigenvalue weighted by atomic mass is 9.71. The molecule has 1 spiro atoms. The number of carbonyl (C=O) groups excluding carboxylic acids is 3. The molecule has 0 aromatic carbocycles. The van der Waals surface area contributed by atoms with Gasteiger partial charge in [0.25, 0.3) is 0 Å². The minimum absolute atomic E-state index is 0.00777. The van der Waals surface area contributed by atoms with Gasteiger partial charge in [-0.3, -0.25) is 19.3 Å². The monoisotopic (exact) mass is 587 g/mol. The summed E-state index contributed by atoms with van der Waals surface area (Å²) in [5.41, 5.74) is 0. The molecule has 0 saturated carbocycles. The summed E-state index contributed by atoms with van der Waals surface area (Å²) in [6.45, 7) is 12.1. The van der Waals surface area contributed by atoms with Crippen LogP contribution in [-0.2, 0) is 23.9 Å². The number of hydrogen-bond acceptors (Lipinski definition) is 8. The van der Waals surface area contributed by atoms with Gasteiger partial charge in [-0.05, 0) is 19.8 Å². The number of halogens is 1. The van der Waals surface area contributed by atoms with E-state index in [0.717, 1.165) is 13.1 Å². The summed E-state index contributed by atoms with van der Waals surface area (Å²) in [6, 6.07) is -1.25. The van der Waals surface area contributed by atoms with Crippen LogP contribution in [0.1, 0.15) is 26.7 Å². The Labute approximate surface area is 226 Å². The first-order chi connectivity index (χ1) is 17.3. The van der Waals surface area contributed by atoms with E-state index in [4.69, 9.17) is 9.47 Å². The van der Waals surface area contributed by atoms with Crippen LogP contribution in [0.25, 0.3) is 0 Å². The van der Waals surface area contributed by atoms with Gasteiger partial charge in [0, 0.05) is 42.8 Å². The van der Waals surface area contributed by atoms with Gasteiger partial charge in [0.05, 0.1) is 49.1 Å². The third-order valence-corrected chi connectivity index (χ3v) is 11.3. The zero-order valence-electron chi connectivity index (χ0n) is 21.1. The van der Waals surface area contributed by atoms with E-state index in [9.17, 15) is 19.5 Å². The lowest BCUT2D eigenvalue weighted by Crippen LogP contribution is -2.58. The number of nitrogens with zero attached hydrogens (tertiary/aromatic N) is 3. The SMILES string of the molecule is C=CCN(CCN1CCOCC1)C(=O)C1N([C@@H](CC)CO)C(=O)[C@@H]2[C@H](C(=O)OCC)[C@H]3SC12CC3Br. The highest BCUT2D eigenvalue weighted by Crippen LogP contribution is 2.68. The zero-order valence-corrected chi connectivity index (χ0v) is 23.5. The van der Waals surface area contributed by atoms with E-state index in [1.54, 1.807) is 34.6 Å². The molecule has 0 aromatic rings. The van der Waals surface area contributed by atoms with Crippen molar-refractivity contribution in [2.45, 2.75) is 53.6 Å². The van der Waals surface area contributed by atoms with Crippen LogP contribution in [0.15, 0.2) is 12.7 Å². The van der Waals surface area contributed by atoms with Gasteiger partial charge in [-0.2, -0.15) is 0 Å². The number of aliphatic hydroxyl groups is 1. The van der Waals surface area contributed by atoms with E-state index in [0.29, 0.717) is 45.7 Å². The van der Waals surface area contributed by atoms with Crippen molar-refractivity contribution in [3.63, 3.8) is 0 Å². The predicted molar refractivity (Wildman–Crippen MR) is 141 cm³/mol. The molecule has 4 aliphatic heterocycles. The maximum absolute atomic E-state index is 14.3. The Balaban J connectivity index is 1.68. The molecular weight excluding hydrogens is 550 g/mol. The Morgan fingerprint density at radius 1 is 1.39 bits per heavy atom. The van der Waals surface area contributed by atoms with Gasteiger partial charge < -0.3 is 24.4 Å². The maximum Gasteiger partial charge on any atom is 0.310 e. The largest absolute Gasteiger partial charge is 0.466 e. The van der Waals surface area contributed by atoms with Gasteiger partial charge in [0.1, 0.15) is 6.04 Å². The molecular formula is C25H38BrN3O6S. The predicted octanol–water partition coefficient (Wildman–Crippen LogP) is 1.13. The molecule has 7 atom stereocenters.